The molecule has 1 N–H and O–H groups in total. The highest BCUT2D eigenvalue weighted by atomic mass is 35.5. The van der Waals surface area contributed by atoms with E-state index in [1.807, 2.05) is 6.07 Å². The zero-order valence-corrected chi connectivity index (χ0v) is 12.4. The van der Waals surface area contributed by atoms with Crippen LogP contribution in [-0.4, -0.2) is 13.1 Å². The molecular formula is C12H19Cl2NS. The van der Waals surface area contributed by atoms with E-state index in [0.717, 1.165) is 34.6 Å². The van der Waals surface area contributed by atoms with Crippen LogP contribution < -0.4 is 5.32 Å². The lowest BCUT2D eigenvalue weighted by molar-refractivity contribution is 0.318. The lowest BCUT2D eigenvalue weighted by Gasteiger charge is -2.24. The fourth-order valence-corrected chi connectivity index (χ4v) is 3.11. The SMILES string of the molecule is CCNCC(C)(C)CCc1cc(Cl)sc1Cl. The van der Waals surface area contributed by atoms with Gasteiger partial charge in [-0.1, -0.05) is 44.0 Å². The van der Waals surface area contributed by atoms with Crippen molar-refractivity contribution in [3.05, 3.63) is 20.3 Å². The van der Waals surface area contributed by atoms with E-state index in [-0.39, 0.29) is 0 Å². The Morgan fingerprint density at radius 3 is 2.56 bits per heavy atom. The third kappa shape index (κ3) is 4.62. The van der Waals surface area contributed by atoms with E-state index in [2.05, 4.69) is 26.1 Å². The fraction of sp³-hybridized carbons (Fsp3) is 0.667. The molecule has 92 valence electrons. The molecular weight excluding hydrogens is 261 g/mol. The van der Waals surface area contributed by atoms with Gasteiger partial charge in [-0.2, -0.15) is 0 Å². The summed E-state index contributed by atoms with van der Waals surface area (Å²) >= 11 is 13.5. The predicted molar refractivity (Wildman–Crippen MR) is 75.0 cm³/mol. The van der Waals surface area contributed by atoms with E-state index in [9.17, 15) is 0 Å². The number of aryl methyl sites for hydroxylation is 1. The van der Waals surface area contributed by atoms with Gasteiger partial charge in [-0.15, -0.1) is 11.3 Å². The van der Waals surface area contributed by atoms with Crippen LogP contribution in [0.25, 0.3) is 0 Å². The van der Waals surface area contributed by atoms with E-state index < -0.39 is 0 Å². The molecule has 0 bridgehead atoms. The molecule has 0 saturated heterocycles. The van der Waals surface area contributed by atoms with Crippen LogP contribution in [0.4, 0.5) is 0 Å². The van der Waals surface area contributed by atoms with Gasteiger partial charge in [0.25, 0.3) is 0 Å². The Morgan fingerprint density at radius 2 is 2.06 bits per heavy atom. The maximum Gasteiger partial charge on any atom is 0.0976 e. The van der Waals surface area contributed by atoms with Crippen molar-refractivity contribution in [3.8, 4) is 0 Å². The summed E-state index contributed by atoms with van der Waals surface area (Å²) in [7, 11) is 0. The number of thiophene rings is 1. The number of hydrogen-bond donors (Lipinski definition) is 1. The van der Waals surface area contributed by atoms with Crippen LogP contribution >= 0.6 is 34.5 Å². The molecule has 0 unspecified atom stereocenters. The summed E-state index contributed by atoms with van der Waals surface area (Å²) in [6.07, 6.45) is 2.12. The summed E-state index contributed by atoms with van der Waals surface area (Å²) in [5.41, 5.74) is 1.48. The highest BCUT2D eigenvalue weighted by molar-refractivity contribution is 7.20. The van der Waals surface area contributed by atoms with Gasteiger partial charge in [-0.25, -0.2) is 0 Å². The second kappa shape index (κ2) is 6.25. The molecule has 1 heterocycles. The van der Waals surface area contributed by atoms with Crippen molar-refractivity contribution in [2.75, 3.05) is 13.1 Å². The average Bonchev–Trinajstić information content (AvgIpc) is 2.52. The molecule has 0 aliphatic heterocycles. The van der Waals surface area contributed by atoms with Crippen LogP contribution in [0.3, 0.4) is 0 Å². The molecule has 16 heavy (non-hydrogen) atoms. The summed E-state index contributed by atoms with van der Waals surface area (Å²) in [4.78, 5) is 0. The van der Waals surface area contributed by atoms with Crippen LogP contribution in [0.2, 0.25) is 8.67 Å². The molecule has 1 nitrogen and oxygen atoms in total. The van der Waals surface area contributed by atoms with Crippen molar-refractivity contribution in [3.63, 3.8) is 0 Å². The Morgan fingerprint density at radius 1 is 1.38 bits per heavy atom. The Balaban J connectivity index is 2.47. The first-order valence-electron chi connectivity index (χ1n) is 5.59. The highest BCUT2D eigenvalue weighted by Crippen LogP contribution is 2.33. The summed E-state index contributed by atoms with van der Waals surface area (Å²) in [6.45, 7) is 8.74. The van der Waals surface area contributed by atoms with Crippen LogP contribution in [-0.2, 0) is 6.42 Å². The van der Waals surface area contributed by atoms with Gasteiger partial charge in [-0.05, 0) is 36.4 Å². The summed E-state index contributed by atoms with van der Waals surface area (Å²) < 4.78 is 1.62. The summed E-state index contributed by atoms with van der Waals surface area (Å²) in [5, 5.41) is 3.39. The third-order valence-corrected chi connectivity index (χ3v) is 4.22. The quantitative estimate of drug-likeness (QED) is 0.801. The zero-order valence-electron chi connectivity index (χ0n) is 10.1. The molecule has 0 aromatic carbocycles. The fourth-order valence-electron chi connectivity index (χ4n) is 1.57. The summed E-state index contributed by atoms with van der Waals surface area (Å²) in [6, 6.07) is 1.98. The molecule has 1 aromatic rings. The van der Waals surface area contributed by atoms with Crippen LogP contribution in [0.1, 0.15) is 32.8 Å². The van der Waals surface area contributed by atoms with Crippen LogP contribution in [0, 0.1) is 5.41 Å². The molecule has 4 heteroatoms. The molecule has 1 aromatic heterocycles. The average molecular weight is 280 g/mol. The smallest absolute Gasteiger partial charge is 0.0976 e. The van der Waals surface area contributed by atoms with E-state index in [1.54, 1.807) is 0 Å². The van der Waals surface area contributed by atoms with E-state index in [0.29, 0.717) is 5.41 Å². The first-order chi connectivity index (χ1) is 7.44. The molecule has 0 radical (unpaired) electrons. The Hall–Kier alpha value is 0.240. The van der Waals surface area contributed by atoms with Crippen LogP contribution in [0.15, 0.2) is 6.07 Å². The Labute approximate surface area is 112 Å². The standard InChI is InChI=1S/C12H19Cl2NS/c1-4-15-8-12(2,3)6-5-9-7-10(13)16-11(9)14/h7,15H,4-6,8H2,1-3H3. The topological polar surface area (TPSA) is 12.0 Å². The maximum atomic E-state index is 6.10. The zero-order chi connectivity index (χ0) is 12.2. The molecule has 1 rings (SSSR count). The molecule has 0 spiro atoms. The number of halogens is 2. The molecule has 0 aliphatic carbocycles. The highest BCUT2D eigenvalue weighted by Gasteiger charge is 2.18. The number of rotatable bonds is 6. The van der Waals surface area contributed by atoms with Crippen molar-refractivity contribution in [1.29, 1.82) is 0 Å². The number of hydrogen-bond acceptors (Lipinski definition) is 2. The predicted octanol–water partition coefficient (Wildman–Crippen LogP) is 4.62. The number of nitrogens with one attached hydrogen (secondary N) is 1. The molecule has 0 amide bonds. The minimum atomic E-state index is 0.299. The van der Waals surface area contributed by atoms with E-state index >= 15 is 0 Å². The van der Waals surface area contributed by atoms with E-state index in [1.165, 1.54) is 16.9 Å². The first kappa shape index (κ1) is 14.3. The van der Waals surface area contributed by atoms with Gasteiger partial charge in [0, 0.05) is 6.54 Å². The lowest BCUT2D eigenvalue weighted by atomic mass is 9.86. The van der Waals surface area contributed by atoms with E-state index in [4.69, 9.17) is 23.2 Å². The Bertz CT molecular complexity index is 334. The van der Waals surface area contributed by atoms with Gasteiger partial charge in [0.05, 0.1) is 8.67 Å². The lowest BCUT2D eigenvalue weighted by Crippen LogP contribution is -2.29. The largest absolute Gasteiger partial charge is 0.316 e. The maximum absolute atomic E-state index is 6.10. The molecule has 0 saturated carbocycles. The van der Waals surface area contributed by atoms with Gasteiger partial charge in [-0.3, -0.25) is 0 Å². The van der Waals surface area contributed by atoms with Crippen molar-refractivity contribution in [2.45, 2.75) is 33.6 Å². The first-order valence-corrected chi connectivity index (χ1v) is 7.16. The van der Waals surface area contributed by atoms with Gasteiger partial charge in [0.1, 0.15) is 0 Å². The minimum Gasteiger partial charge on any atom is -0.316 e. The van der Waals surface area contributed by atoms with Crippen molar-refractivity contribution < 1.29 is 0 Å². The second-order valence-corrected chi connectivity index (χ2v) is 7.08. The van der Waals surface area contributed by atoms with Crippen molar-refractivity contribution in [2.24, 2.45) is 5.41 Å². The van der Waals surface area contributed by atoms with Gasteiger partial charge in [0.2, 0.25) is 0 Å². The molecule has 0 fully saturated rings. The monoisotopic (exact) mass is 279 g/mol. The van der Waals surface area contributed by atoms with Gasteiger partial charge in [0.15, 0.2) is 0 Å². The van der Waals surface area contributed by atoms with Gasteiger partial charge < -0.3 is 5.32 Å². The second-order valence-electron chi connectivity index (χ2n) is 4.79. The molecule has 0 aliphatic rings. The summed E-state index contributed by atoms with van der Waals surface area (Å²) in [5.74, 6) is 0. The normalized spacial score (nSPS) is 12.1. The van der Waals surface area contributed by atoms with Crippen molar-refractivity contribution in [1.82, 2.24) is 5.32 Å². The molecule has 0 atom stereocenters. The third-order valence-electron chi connectivity index (χ3n) is 2.65. The van der Waals surface area contributed by atoms with Crippen molar-refractivity contribution >= 4 is 34.5 Å². The van der Waals surface area contributed by atoms with Gasteiger partial charge >= 0.3 is 0 Å². The Kier molecular flexibility index (Phi) is 5.58. The minimum absolute atomic E-state index is 0.299. The van der Waals surface area contributed by atoms with Crippen LogP contribution in [0.5, 0.6) is 0 Å².